The average molecular weight is 506 g/mol. The lowest BCUT2D eigenvalue weighted by atomic mass is 10.1. The molecule has 1 aromatic carbocycles. The number of ether oxygens (including phenoxy) is 1. The Morgan fingerprint density at radius 3 is 2.60 bits per heavy atom. The summed E-state index contributed by atoms with van der Waals surface area (Å²) in [6.45, 7) is 1.85. The molecule has 7 nitrogen and oxygen atoms in total. The van der Waals surface area contributed by atoms with Gasteiger partial charge in [-0.05, 0) is 36.7 Å². The maximum Gasteiger partial charge on any atom is 0.433 e. The molecule has 0 atom stereocenters. The lowest BCUT2D eigenvalue weighted by molar-refractivity contribution is -0.141. The second-order valence-corrected chi connectivity index (χ2v) is 8.22. The van der Waals surface area contributed by atoms with Crippen molar-refractivity contribution in [2.75, 3.05) is 13.1 Å². The van der Waals surface area contributed by atoms with Crippen LogP contribution in [-0.2, 0) is 32.7 Å². The van der Waals surface area contributed by atoms with Gasteiger partial charge in [-0.25, -0.2) is 0 Å². The molecule has 0 bridgehead atoms. The van der Waals surface area contributed by atoms with Gasteiger partial charge in [0, 0.05) is 48.9 Å². The summed E-state index contributed by atoms with van der Waals surface area (Å²) >= 11 is 0. The molecule has 35 heavy (non-hydrogen) atoms. The van der Waals surface area contributed by atoms with Crippen molar-refractivity contribution in [2.45, 2.75) is 25.6 Å². The molecule has 4 heterocycles. The molecule has 3 aromatic heterocycles. The number of alkyl halides is 3. The average Bonchev–Trinajstić information content (AvgIpc) is 2.96. The molecule has 0 saturated heterocycles. The van der Waals surface area contributed by atoms with E-state index in [-0.39, 0.29) is 30.3 Å². The fourth-order valence-corrected chi connectivity index (χ4v) is 4.34. The van der Waals surface area contributed by atoms with Crippen LogP contribution < -0.4 is 15.6 Å². The smallest absolute Gasteiger partial charge is 0.433 e. The third-order valence-corrected chi connectivity index (χ3v) is 6.05. The van der Waals surface area contributed by atoms with Gasteiger partial charge in [0.15, 0.2) is 0 Å². The van der Waals surface area contributed by atoms with E-state index in [4.69, 9.17) is 4.74 Å². The summed E-state index contributed by atoms with van der Waals surface area (Å²) < 4.78 is 46.9. The topological polar surface area (TPSA) is 74.0 Å². The second-order valence-electron chi connectivity index (χ2n) is 8.22. The minimum atomic E-state index is -4.49. The number of fused-ring (bicyclic) bond motifs is 3. The highest BCUT2D eigenvalue weighted by Gasteiger charge is 2.32. The molecule has 1 aliphatic heterocycles. The number of aromatic nitrogens is 4. The van der Waals surface area contributed by atoms with Crippen LogP contribution in [0.1, 0.15) is 22.5 Å². The van der Waals surface area contributed by atoms with E-state index in [2.05, 4.69) is 20.0 Å². The Morgan fingerprint density at radius 2 is 1.89 bits per heavy atom. The van der Waals surface area contributed by atoms with Crippen molar-refractivity contribution in [3.63, 3.8) is 0 Å². The second kappa shape index (κ2) is 9.71. The van der Waals surface area contributed by atoms with E-state index in [0.29, 0.717) is 11.3 Å². The minimum absolute atomic E-state index is 0. The summed E-state index contributed by atoms with van der Waals surface area (Å²) in [5.41, 5.74) is 3.44. The summed E-state index contributed by atoms with van der Waals surface area (Å²) in [5.74, 6) is 0.223. The van der Waals surface area contributed by atoms with Gasteiger partial charge in [0.05, 0.1) is 17.4 Å². The highest BCUT2D eigenvalue weighted by atomic mass is 35.5. The van der Waals surface area contributed by atoms with Gasteiger partial charge < -0.3 is 14.6 Å². The normalized spacial score (nSPS) is 13.7. The summed E-state index contributed by atoms with van der Waals surface area (Å²) in [6.07, 6.45) is -0.0650. The first-order chi connectivity index (χ1) is 16.3. The molecule has 184 valence electrons. The van der Waals surface area contributed by atoms with Gasteiger partial charge in [-0.2, -0.15) is 23.0 Å². The molecule has 1 N–H and O–H groups in total. The molecule has 0 radical (unpaired) electrons. The van der Waals surface area contributed by atoms with Gasteiger partial charge in [0.1, 0.15) is 18.1 Å². The van der Waals surface area contributed by atoms with Crippen molar-refractivity contribution in [2.24, 2.45) is 7.05 Å². The summed E-state index contributed by atoms with van der Waals surface area (Å²) in [6, 6.07) is 9.36. The zero-order valence-corrected chi connectivity index (χ0v) is 19.6. The van der Waals surface area contributed by atoms with Crippen molar-refractivity contribution in [1.82, 2.24) is 24.6 Å². The highest BCUT2D eigenvalue weighted by molar-refractivity contribution is 5.87. The van der Waals surface area contributed by atoms with Crippen LogP contribution in [0.2, 0.25) is 0 Å². The van der Waals surface area contributed by atoms with Gasteiger partial charge in [-0.3, -0.25) is 9.78 Å². The Labute approximate surface area is 205 Å². The van der Waals surface area contributed by atoms with Crippen molar-refractivity contribution in [1.29, 1.82) is 0 Å². The van der Waals surface area contributed by atoms with E-state index in [9.17, 15) is 18.0 Å². The van der Waals surface area contributed by atoms with Crippen LogP contribution in [0.3, 0.4) is 0 Å². The molecular weight excluding hydrogens is 483 g/mol. The molecule has 5 rings (SSSR count). The van der Waals surface area contributed by atoms with Crippen LogP contribution in [0, 0.1) is 0 Å². The standard InChI is InChI=1S/C24H22F3N5O2.ClH/c1-31-20-7-9-28-8-6-19(20)18-4-3-16(10-21(18)31)32-23(33)11-17(13-30-32)34-14-15-2-5-22(29-12-15)24(25,26)27;/h2-5,10-13,28H,6-9,14H2,1H3;1H. The Hall–Kier alpha value is -3.37. The van der Waals surface area contributed by atoms with Crippen LogP contribution in [0.5, 0.6) is 5.75 Å². The third-order valence-electron chi connectivity index (χ3n) is 6.05. The number of nitrogens with one attached hydrogen (secondary N) is 1. The summed E-state index contributed by atoms with van der Waals surface area (Å²) in [4.78, 5) is 16.1. The van der Waals surface area contributed by atoms with Crippen molar-refractivity contribution in [3.8, 4) is 11.4 Å². The van der Waals surface area contributed by atoms with Gasteiger partial charge in [-0.15, -0.1) is 12.4 Å². The molecular formula is C24H23ClF3N5O2. The Balaban J connectivity index is 0.00000289. The van der Waals surface area contributed by atoms with E-state index in [1.165, 1.54) is 39.7 Å². The quantitative estimate of drug-likeness (QED) is 0.456. The first-order valence-electron chi connectivity index (χ1n) is 10.9. The largest absolute Gasteiger partial charge is 0.487 e. The van der Waals surface area contributed by atoms with Crippen LogP contribution in [0.4, 0.5) is 13.2 Å². The number of benzene rings is 1. The maximum absolute atomic E-state index is 12.7. The fourth-order valence-electron chi connectivity index (χ4n) is 4.34. The maximum atomic E-state index is 12.7. The van der Waals surface area contributed by atoms with Crippen LogP contribution in [0.25, 0.3) is 16.6 Å². The molecule has 4 aromatic rings. The lowest BCUT2D eigenvalue weighted by Gasteiger charge is -2.10. The molecule has 0 aliphatic carbocycles. The Morgan fingerprint density at radius 1 is 1.09 bits per heavy atom. The molecule has 0 unspecified atom stereocenters. The number of hydrogen-bond donors (Lipinski definition) is 1. The van der Waals surface area contributed by atoms with Gasteiger partial charge >= 0.3 is 6.18 Å². The lowest BCUT2D eigenvalue weighted by Crippen LogP contribution is -2.20. The molecule has 0 spiro atoms. The van der Waals surface area contributed by atoms with Gasteiger partial charge in [0.25, 0.3) is 5.56 Å². The molecule has 0 amide bonds. The van der Waals surface area contributed by atoms with E-state index in [1.807, 2.05) is 25.2 Å². The number of aryl methyl sites for hydroxylation is 1. The predicted molar refractivity (Wildman–Crippen MR) is 127 cm³/mol. The van der Waals surface area contributed by atoms with E-state index < -0.39 is 11.9 Å². The third kappa shape index (κ3) is 4.89. The predicted octanol–water partition coefficient (Wildman–Crippen LogP) is 3.83. The van der Waals surface area contributed by atoms with E-state index in [0.717, 1.165) is 43.7 Å². The molecule has 0 saturated carbocycles. The number of pyridine rings is 1. The number of nitrogens with zero attached hydrogens (tertiary/aromatic N) is 4. The first kappa shape index (κ1) is 24.7. The molecule has 0 fully saturated rings. The van der Waals surface area contributed by atoms with Crippen LogP contribution >= 0.6 is 12.4 Å². The first-order valence-corrected chi connectivity index (χ1v) is 10.9. The van der Waals surface area contributed by atoms with E-state index in [1.54, 1.807) is 0 Å². The van der Waals surface area contributed by atoms with Crippen molar-refractivity contribution >= 4 is 23.3 Å². The number of halogens is 4. The fraction of sp³-hybridized carbons (Fsp3) is 0.292. The zero-order chi connectivity index (χ0) is 23.9. The Bertz CT molecular complexity index is 1410. The molecule has 1 aliphatic rings. The van der Waals surface area contributed by atoms with Crippen LogP contribution in [-0.4, -0.2) is 32.4 Å². The van der Waals surface area contributed by atoms with Crippen molar-refractivity contribution in [3.05, 3.63) is 81.7 Å². The monoisotopic (exact) mass is 505 g/mol. The van der Waals surface area contributed by atoms with Gasteiger partial charge in [0.2, 0.25) is 0 Å². The number of rotatable bonds is 4. The Kier molecular flexibility index (Phi) is 6.86. The SMILES string of the molecule is Cl.Cn1c2c(c3ccc(-n4ncc(OCc5ccc(C(F)(F)F)nc5)cc4=O)cc31)CCNCC2. The summed E-state index contributed by atoms with van der Waals surface area (Å²) in [7, 11) is 2.04. The van der Waals surface area contributed by atoms with Crippen LogP contribution in [0.15, 0.2) is 53.6 Å². The summed E-state index contributed by atoms with van der Waals surface area (Å²) in [5, 5.41) is 8.84. The van der Waals surface area contributed by atoms with Gasteiger partial charge in [-0.1, -0.05) is 12.1 Å². The highest BCUT2D eigenvalue weighted by Crippen LogP contribution is 2.29. The van der Waals surface area contributed by atoms with Crippen molar-refractivity contribution < 1.29 is 17.9 Å². The zero-order valence-electron chi connectivity index (χ0n) is 18.8. The molecule has 11 heteroatoms. The van der Waals surface area contributed by atoms with E-state index >= 15 is 0 Å². The number of hydrogen-bond acceptors (Lipinski definition) is 5. The minimum Gasteiger partial charge on any atom is -0.487 e.